The van der Waals surface area contributed by atoms with E-state index in [4.69, 9.17) is 5.11 Å². The summed E-state index contributed by atoms with van der Waals surface area (Å²) in [4.78, 5) is 22.8. The molecule has 0 aromatic rings. The molecule has 3 N–H and O–H groups in total. The highest BCUT2D eigenvalue weighted by Crippen LogP contribution is 2.43. The Morgan fingerprint density at radius 1 is 1.11 bits per heavy atom. The molecule has 0 spiro atoms. The van der Waals surface area contributed by atoms with E-state index in [2.05, 4.69) is 17.6 Å². The van der Waals surface area contributed by atoms with E-state index in [1.807, 2.05) is 0 Å². The van der Waals surface area contributed by atoms with Gasteiger partial charge in [0.05, 0.1) is 6.42 Å². The maximum absolute atomic E-state index is 11.9. The summed E-state index contributed by atoms with van der Waals surface area (Å²) in [6.07, 6.45) is 7.41. The second-order valence-electron chi connectivity index (χ2n) is 6.50. The predicted octanol–water partition coefficient (Wildman–Crippen LogP) is 2.26. The fraction of sp³-hybridized carbons (Fsp3) is 0.857. The predicted molar refractivity (Wildman–Crippen MR) is 71.9 cm³/mol. The number of carboxylic acid groups (broad SMARTS) is 1. The number of aliphatic carboxylic acids is 1. The number of hydrogen-bond donors (Lipinski definition) is 3. The van der Waals surface area contributed by atoms with Gasteiger partial charge in [0.2, 0.25) is 0 Å². The van der Waals surface area contributed by atoms with Gasteiger partial charge in [-0.3, -0.25) is 4.79 Å². The molecule has 5 heteroatoms. The second-order valence-corrected chi connectivity index (χ2v) is 6.50. The van der Waals surface area contributed by atoms with Crippen LogP contribution < -0.4 is 10.6 Å². The van der Waals surface area contributed by atoms with Crippen molar-refractivity contribution in [2.75, 3.05) is 6.54 Å². The van der Waals surface area contributed by atoms with Crippen molar-refractivity contribution in [2.45, 2.75) is 63.8 Å². The first-order valence-corrected chi connectivity index (χ1v) is 7.21. The summed E-state index contributed by atoms with van der Waals surface area (Å²) in [6, 6.07) is -0.152. The Morgan fingerprint density at radius 3 is 2.21 bits per heavy atom. The lowest BCUT2D eigenvalue weighted by molar-refractivity contribution is -0.141. The SMILES string of the molecule is CC1(NC(=O)NCC2(CC(=O)O)CCC2)CCCC1. The van der Waals surface area contributed by atoms with Crippen molar-refractivity contribution in [2.24, 2.45) is 5.41 Å². The molecule has 2 aliphatic rings. The van der Waals surface area contributed by atoms with Gasteiger partial charge < -0.3 is 15.7 Å². The van der Waals surface area contributed by atoms with Crippen LogP contribution in [0.4, 0.5) is 4.79 Å². The van der Waals surface area contributed by atoms with Gasteiger partial charge in [-0.1, -0.05) is 19.3 Å². The minimum atomic E-state index is -0.773. The molecule has 2 amide bonds. The third-order valence-corrected chi connectivity index (χ3v) is 4.69. The van der Waals surface area contributed by atoms with Crippen molar-refractivity contribution in [1.29, 1.82) is 0 Å². The maximum atomic E-state index is 11.9. The first kappa shape index (κ1) is 14.2. The summed E-state index contributed by atoms with van der Waals surface area (Å²) >= 11 is 0. The summed E-state index contributed by atoms with van der Waals surface area (Å²) in [5.41, 5.74) is -0.288. The molecule has 5 nitrogen and oxygen atoms in total. The molecule has 0 unspecified atom stereocenters. The third kappa shape index (κ3) is 3.61. The van der Waals surface area contributed by atoms with Crippen molar-refractivity contribution >= 4 is 12.0 Å². The van der Waals surface area contributed by atoms with E-state index in [1.54, 1.807) is 0 Å². The number of rotatable bonds is 5. The van der Waals surface area contributed by atoms with Gasteiger partial charge >= 0.3 is 12.0 Å². The van der Waals surface area contributed by atoms with Gasteiger partial charge in [-0.25, -0.2) is 4.79 Å². The van der Waals surface area contributed by atoms with Gasteiger partial charge in [-0.2, -0.15) is 0 Å². The van der Waals surface area contributed by atoms with E-state index < -0.39 is 5.97 Å². The molecule has 0 aromatic heterocycles. The van der Waals surface area contributed by atoms with Gasteiger partial charge in [-0.15, -0.1) is 0 Å². The van der Waals surface area contributed by atoms with E-state index in [9.17, 15) is 9.59 Å². The van der Waals surface area contributed by atoms with Crippen molar-refractivity contribution in [3.05, 3.63) is 0 Å². The average molecular weight is 268 g/mol. The van der Waals surface area contributed by atoms with Crippen LogP contribution in [0.5, 0.6) is 0 Å². The minimum Gasteiger partial charge on any atom is -0.481 e. The molecule has 0 aromatic carbocycles. The summed E-state index contributed by atoms with van der Waals surface area (Å²) < 4.78 is 0. The van der Waals surface area contributed by atoms with Gasteiger partial charge in [0.1, 0.15) is 0 Å². The Labute approximate surface area is 114 Å². The van der Waals surface area contributed by atoms with E-state index in [1.165, 1.54) is 12.8 Å². The van der Waals surface area contributed by atoms with Crippen LogP contribution in [-0.4, -0.2) is 29.2 Å². The fourth-order valence-electron chi connectivity index (χ4n) is 3.28. The lowest BCUT2D eigenvalue weighted by atomic mass is 9.66. The molecule has 0 heterocycles. The van der Waals surface area contributed by atoms with Crippen molar-refractivity contribution < 1.29 is 14.7 Å². The Hall–Kier alpha value is -1.26. The van der Waals surface area contributed by atoms with Crippen molar-refractivity contribution in [1.82, 2.24) is 10.6 Å². The van der Waals surface area contributed by atoms with Crippen LogP contribution in [0.15, 0.2) is 0 Å². The standard InChI is InChI=1S/C14H24N2O3/c1-13(5-2-3-6-13)16-12(19)15-10-14(7-4-8-14)9-11(17)18/h2-10H2,1H3,(H,17,18)(H2,15,16,19). The molecule has 19 heavy (non-hydrogen) atoms. The number of nitrogens with one attached hydrogen (secondary N) is 2. The Morgan fingerprint density at radius 2 is 1.74 bits per heavy atom. The van der Waals surface area contributed by atoms with Crippen LogP contribution in [0.3, 0.4) is 0 Å². The van der Waals surface area contributed by atoms with Crippen LogP contribution in [0.1, 0.15) is 58.3 Å². The smallest absolute Gasteiger partial charge is 0.315 e. The topological polar surface area (TPSA) is 78.4 Å². The lowest BCUT2D eigenvalue weighted by Crippen LogP contribution is -2.52. The highest BCUT2D eigenvalue weighted by Gasteiger charge is 2.39. The normalized spacial score (nSPS) is 23.4. The molecule has 0 radical (unpaired) electrons. The molecular weight excluding hydrogens is 244 g/mol. The highest BCUT2D eigenvalue weighted by atomic mass is 16.4. The molecule has 2 saturated carbocycles. The molecule has 0 aliphatic heterocycles. The molecule has 108 valence electrons. The first-order chi connectivity index (χ1) is 8.93. The number of carbonyl (C=O) groups excluding carboxylic acids is 1. The molecule has 2 aliphatic carbocycles. The molecule has 0 atom stereocenters. The number of urea groups is 1. The summed E-state index contributed by atoms with van der Waals surface area (Å²) in [5.74, 6) is -0.773. The van der Waals surface area contributed by atoms with Gasteiger partial charge in [0.15, 0.2) is 0 Å². The van der Waals surface area contributed by atoms with Crippen LogP contribution in [-0.2, 0) is 4.79 Å². The zero-order valence-electron chi connectivity index (χ0n) is 11.6. The average Bonchev–Trinajstić information content (AvgIpc) is 2.68. The summed E-state index contributed by atoms with van der Waals surface area (Å²) in [5, 5.41) is 14.8. The Balaban J connectivity index is 1.77. The number of carboxylic acids is 1. The number of hydrogen-bond acceptors (Lipinski definition) is 2. The largest absolute Gasteiger partial charge is 0.481 e. The maximum Gasteiger partial charge on any atom is 0.315 e. The fourth-order valence-corrected chi connectivity index (χ4v) is 3.28. The molecule has 0 bridgehead atoms. The monoisotopic (exact) mass is 268 g/mol. The Kier molecular flexibility index (Phi) is 4.02. The first-order valence-electron chi connectivity index (χ1n) is 7.21. The molecular formula is C14H24N2O3. The third-order valence-electron chi connectivity index (χ3n) is 4.69. The highest BCUT2D eigenvalue weighted by molar-refractivity contribution is 5.75. The van der Waals surface area contributed by atoms with E-state index in [0.717, 1.165) is 32.1 Å². The molecule has 2 rings (SSSR count). The lowest BCUT2D eigenvalue weighted by Gasteiger charge is -2.41. The Bertz CT molecular complexity index is 358. The van der Waals surface area contributed by atoms with E-state index in [-0.39, 0.29) is 23.4 Å². The van der Waals surface area contributed by atoms with Gasteiger partial charge in [0, 0.05) is 12.1 Å². The second kappa shape index (κ2) is 5.39. The van der Waals surface area contributed by atoms with Crippen LogP contribution >= 0.6 is 0 Å². The van der Waals surface area contributed by atoms with Crippen molar-refractivity contribution in [3.63, 3.8) is 0 Å². The van der Waals surface area contributed by atoms with Crippen LogP contribution in [0, 0.1) is 5.41 Å². The zero-order chi connectivity index (χ0) is 13.9. The quantitative estimate of drug-likeness (QED) is 0.715. The van der Waals surface area contributed by atoms with Crippen LogP contribution in [0.2, 0.25) is 0 Å². The van der Waals surface area contributed by atoms with Gasteiger partial charge in [-0.05, 0) is 38.0 Å². The number of amides is 2. The summed E-state index contributed by atoms with van der Waals surface area (Å²) in [6.45, 7) is 2.55. The minimum absolute atomic E-state index is 0.0797. The molecule has 0 saturated heterocycles. The summed E-state index contributed by atoms with van der Waals surface area (Å²) in [7, 11) is 0. The van der Waals surface area contributed by atoms with E-state index >= 15 is 0 Å². The van der Waals surface area contributed by atoms with E-state index in [0.29, 0.717) is 6.54 Å². The van der Waals surface area contributed by atoms with Gasteiger partial charge in [0.25, 0.3) is 0 Å². The van der Waals surface area contributed by atoms with Crippen molar-refractivity contribution in [3.8, 4) is 0 Å². The zero-order valence-corrected chi connectivity index (χ0v) is 11.6. The molecule has 2 fully saturated rings. The number of carbonyl (C=O) groups is 2. The van der Waals surface area contributed by atoms with Crippen LogP contribution in [0.25, 0.3) is 0 Å².